The van der Waals surface area contributed by atoms with Crippen molar-refractivity contribution >= 4 is 21.7 Å². The van der Waals surface area contributed by atoms with Gasteiger partial charge in [-0.1, -0.05) is 13.8 Å². The highest BCUT2D eigenvalue weighted by atomic mass is 79.9. The smallest absolute Gasteiger partial charge is 0.133 e. The van der Waals surface area contributed by atoms with Gasteiger partial charge in [0.05, 0.1) is 0 Å². The fourth-order valence-corrected chi connectivity index (χ4v) is 2.61. The highest BCUT2D eigenvalue weighted by molar-refractivity contribution is 9.10. The monoisotopic (exact) mass is 283 g/mol. The topological polar surface area (TPSA) is 29.0 Å². The van der Waals surface area contributed by atoms with Crippen LogP contribution in [-0.4, -0.2) is 23.1 Å². The van der Waals surface area contributed by atoms with E-state index < -0.39 is 0 Å². The summed E-state index contributed by atoms with van der Waals surface area (Å²) in [4.78, 5) is 11.1. The first-order valence-corrected chi connectivity index (χ1v) is 6.61. The summed E-state index contributed by atoms with van der Waals surface area (Å²) in [6.07, 6.45) is 1.25. The van der Waals surface area contributed by atoms with Crippen molar-refractivity contribution in [1.29, 1.82) is 0 Å². The summed E-state index contributed by atoms with van der Waals surface area (Å²) in [6.45, 7) is 8.80. The molecule has 88 valence electrons. The van der Waals surface area contributed by atoms with E-state index in [0.717, 1.165) is 41.2 Å². The van der Waals surface area contributed by atoms with Crippen molar-refractivity contribution in [3.8, 4) is 0 Å². The summed E-state index contributed by atoms with van der Waals surface area (Å²) < 4.78 is 0.876. The van der Waals surface area contributed by atoms with Crippen LogP contribution in [0, 0.1) is 18.8 Å². The number of hydrogen-bond donors (Lipinski definition) is 0. The molecule has 3 nitrogen and oxygen atoms in total. The van der Waals surface area contributed by atoms with Gasteiger partial charge in [0.2, 0.25) is 0 Å². The molecule has 0 N–H and O–H groups in total. The number of aromatic nitrogens is 2. The van der Waals surface area contributed by atoms with Gasteiger partial charge >= 0.3 is 0 Å². The molecule has 16 heavy (non-hydrogen) atoms. The average molecular weight is 284 g/mol. The summed E-state index contributed by atoms with van der Waals surface area (Å²) in [5.74, 6) is 3.44. The molecule has 0 radical (unpaired) electrons. The molecule has 1 saturated heterocycles. The Labute approximate surface area is 105 Å². The molecule has 1 aliphatic rings. The van der Waals surface area contributed by atoms with E-state index in [-0.39, 0.29) is 0 Å². The zero-order chi connectivity index (χ0) is 11.7. The van der Waals surface area contributed by atoms with Crippen LogP contribution in [0.25, 0.3) is 0 Å². The van der Waals surface area contributed by atoms with E-state index >= 15 is 0 Å². The Bertz CT molecular complexity index is 360. The van der Waals surface area contributed by atoms with Crippen molar-refractivity contribution in [2.24, 2.45) is 11.8 Å². The molecule has 0 saturated carbocycles. The number of rotatable bonds is 1. The van der Waals surface area contributed by atoms with Gasteiger partial charge < -0.3 is 4.90 Å². The van der Waals surface area contributed by atoms with Crippen molar-refractivity contribution in [3.63, 3.8) is 0 Å². The molecular formula is C12H18BrN3. The van der Waals surface area contributed by atoms with Crippen molar-refractivity contribution < 1.29 is 0 Å². The molecule has 0 aliphatic carbocycles. The molecule has 2 atom stereocenters. The lowest BCUT2D eigenvalue weighted by Crippen LogP contribution is -2.39. The maximum absolute atomic E-state index is 4.50. The minimum atomic E-state index is 0.739. The SMILES string of the molecule is Cc1nc(Br)cc(N2CCC(C)C(C)C2)n1. The lowest BCUT2D eigenvalue weighted by atomic mass is 9.89. The van der Waals surface area contributed by atoms with Gasteiger partial charge in [-0.3, -0.25) is 0 Å². The molecule has 0 spiro atoms. The Morgan fingerprint density at radius 3 is 2.69 bits per heavy atom. The van der Waals surface area contributed by atoms with E-state index in [1.165, 1.54) is 6.42 Å². The summed E-state index contributed by atoms with van der Waals surface area (Å²) in [7, 11) is 0. The van der Waals surface area contributed by atoms with Crippen LogP contribution in [0.1, 0.15) is 26.1 Å². The number of halogens is 1. The number of aryl methyl sites for hydroxylation is 1. The predicted molar refractivity (Wildman–Crippen MR) is 69.6 cm³/mol. The molecule has 2 rings (SSSR count). The molecule has 0 amide bonds. The molecule has 0 bridgehead atoms. The first kappa shape index (κ1) is 11.8. The highest BCUT2D eigenvalue weighted by Gasteiger charge is 2.23. The van der Waals surface area contributed by atoms with Crippen LogP contribution in [0.4, 0.5) is 5.82 Å². The largest absolute Gasteiger partial charge is 0.356 e. The third-order valence-electron chi connectivity index (χ3n) is 3.45. The van der Waals surface area contributed by atoms with E-state index in [1.54, 1.807) is 0 Å². The van der Waals surface area contributed by atoms with Crippen LogP contribution in [0.2, 0.25) is 0 Å². The second-order valence-corrected chi connectivity index (χ2v) is 5.60. The van der Waals surface area contributed by atoms with Gasteiger partial charge in [0.1, 0.15) is 16.2 Å². The first-order chi connectivity index (χ1) is 7.56. The lowest BCUT2D eigenvalue weighted by molar-refractivity contribution is 0.322. The van der Waals surface area contributed by atoms with Gasteiger partial charge in [0.25, 0.3) is 0 Å². The fraction of sp³-hybridized carbons (Fsp3) is 0.667. The second-order valence-electron chi connectivity index (χ2n) is 4.79. The Kier molecular flexibility index (Phi) is 3.47. The van der Waals surface area contributed by atoms with Crippen LogP contribution < -0.4 is 4.90 Å². The number of piperidine rings is 1. The lowest BCUT2D eigenvalue weighted by Gasteiger charge is -2.36. The number of hydrogen-bond acceptors (Lipinski definition) is 3. The Hall–Kier alpha value is -0.640. The van der Waals surface area contributed by atoms with Gasteiger partial charge in [-0.05, 0) is 41.1 Å². The highest BCUT2D eigenvalue weighted by Crippen LogP contribution is 2.26. The average Bonchev–Trinajstić information content (AvgIpc) is 2.20. The van der Waals surface area contributed by atoms with Crippen LogP contribution >= 0.6 is 15.9 Å². The molecule has 1 aliphatic heterocycles. The van der Waals surface area contributed by atoms with Crippen molar-refractivity contribution in [2.75, 3.05) is 18.0 Å². The van der Waals surface area contributed by atoms with Gasteiger partial charge in [-0.25, -0.2) is 9.97 Å². The van der Waals surface area contributed by atoms with Crippen molar-refractivity contribution in [1.82, 2.24) is 9.97 Å². The molecule has 1 fully saturated rings. The third kappa shape index (κ3) is 2.54. The summed E-state index contributed by atoms with van der Waals surface area (Å²) in [5, 5.41) is 0. The van der Waals surface area contributed by atoms with Gasteiger partial charge in [-0.15, -0.1) is 0 Å². The first-order valence-electron chi connectivity index (χ1n) is 5.82. The van der Waals surface area contributed by atoms with Crippen molar-refractivity contribution in [3.05, 3.63) is 16.5 Å². The van der Waals surface area contributed by atoms with E-state index in [1.807, 2.05) is 13.0 Å². The molecule has 2 heterocycles. The van der Waals surface area contributed by atoms with Crippen LogP contribution in [0.15, 0.2) is 10.7 Å². The molecular weight excluding hydrogens is 266 g/mol. The fourth-order valence-electron chi connectivity index (χ4n) is 2.15. The van der Waals surface area contributed by atoms with Crippen molar-refractivity contribution in [2.45, 2.75) is 27.2 Å². The van der Waals surface area contributed by atoms with Crippen LogP contribution in [0.5, 0.6) is 0 Å². The minimum absolute atomic E-state index is 0.739. The van der Waals surface area contributed by atoms with E-state index in [4.69, 9.17) is 0 Å². The zero-order valence-electron chi connectivity index (χ0n) is 10.1. The summed E-state index contributed by atoms with van der Waals surface area (Å²) in [6, 6.07) is 2.01. The molecule has 1 aromatic heterocycles. The Balaban J connectivity index is 2.18. The molecule has 2 unspecified atom stereocenters. The summed E-state index contributed by atoms with van der Waals surface area (Å²) in [5.41, 5.74) is 0. The number of anilines is 1. The Morgan fingerprint density at radius 2 is 2.06 bits per heavy atom. The van der Waals surface area contributed by atoms with Gasteiger partial charge in [0.15, 0.2) is 0 Å². The van der Waals surface area contributed by atoms with E-state index in [9.17, 15) is 0 Å². The predicted octanol–water partition coefficient (Wildman–Crippen LogP) is 3.03. The number of nitrogens with zero attached hydrogens (tertiary/aromatic N) is 3. The van der Waals surface area contributed by atoms with Gasteiger partial charge in [0, 0.05) is 19.2 Å². The van der Waals surface area contributed by atoms with E-state index in [2.05, 4.69) is 44.6 Å². The summed E-state index contributed by atoms with van der Waals surface area (Å²) >= 11 is 3.43. The molecule has 4 heteroatoms. The standard InChI is InChI=1S/C12H18BrN3/c1-8-4-5-16(7-9(8)2)12-6-11(13)14-10(3)15-12/h6,8-9H,4-5,7H2,1-3H3. The minimum Gasteiger partial charge on any atom is -0.356 e. The second kappa shape index (κ2) is 4.70. The maximum atomic E-state index is 4.50. The maximum Gasteiger partial charge on any atom is 0.133 e. The van der Waals surface area contributed by atoms with Gasteiger partial charge in [-0.2, -0.15) is 0 Å². The quantitative estimate of drug-likeness (QED) is 0.742. The van der Waals surface area contributed by atoms with Crippen LogP contribution in [-0.2, 0) is 0 Å². The molecule has 1 aromatic rings. The normalized spacial score (nSPS) is 25.9. The third-order valence-corrected chi connectivity index (χ3v) is 3.86. The van der Waals surface area contributed by atoms with Crippen LogP contribution in [0.3, 0.4) is 0 Å². The zero-order valence-corrected chi connectivity index (χ0v) is 11.7. The Morgan fingerprint density at radius 1 is 1.31 bits per heavy atom. The van der Waals surface area contributed by atoms with E-state index in [0.29, 0.717) is 0 Å². The molecule has 0 aromatic carbocycles.